The van der Waals surface area contributed by atoms with Crippen molar-refractivity contribution in [2.24, 2.45) is 0 Å². The lowest BCUT2D eigenvalue weighted by Crippen LogP contribution is -2.52. The highest BCUT2D eigenvalue weighted by molar-refractivity contribution is 6.14. The average Bonchev–Trinajstić information content (AvgIpc) is 2.85. The van der Waals surface area contributed by atoms with Crippen molar-refractivity contribution in [3.8, 4) is 0 Å². The molecule has 0 aromatic heterocycles. The molecule has 2 aromatic rings. The first-order valence-corrected chi connectivity index (χ1v) is 13.0. The highest BCUT2D eigenvalue weighted by Crippen LogP contribution is 2.36. The van der Waals surface area contributed by atoms with Gasteiger partial charge >= 0.3 is 0 Å². The van der Waals surface area contributed by atoms with Gasteiger partial charge in [-0.3, -0.25) is 29.0 Å². The fourth-order valence-electron chi connectivity index (χ4n) is 5.46. The lowest BCUT2D eigenvalue weighted by molar-refractivity contribution is -0.135. The summed E-state index contributed by atoms with van der Waals surface area (Å²) in [5.74, 6) is -1.06. The van der Waals surface area contributed by atoms with Gasteiger partial charge in [0, 0.05) is 35.6 Å². The molecule has 4 rings (SSSR count). The monoisotopic (exact) mass is 519 g/mol. The number of nitrogens with zero attached hydrogens (tertiary/aromatic N) is 3. The highest BCUT2D eigenvalue weighted by Gasteiger charge is 2.45. The Hall–Kier alpha value is -3.72. The molecular weight excluding hydrogens is 482 g/mol. The quantitative estimate of drug-likeness (QED) is 0.405. The van der Waals surface area contributed by atoms with E-state index in [-0.39, 0.29) is 23.6 Å². The summed E-state index contributed by atoms with van der Waals surface area (Å²) in [6, 6.07) is 10.2. The second-order valence-electron chi connectivity index (χ2n) is 11.4. The molecule has 0 fully saturated rings. The van der Waals surface area contributed by atoms with Gasteiger partial charge < -0.3 is 16.4 Å². The number of nitrogen functional groups attached to an aromatic ring is 2. The van der Waals surface area contributed by atoms with Gasteiger partial charge in [0.15, 0.2) is 0 Å². The molecule has 2 aliphatic rings. The van der Waals surface area contributed by atoms with E-state index >= 15 is 0 Å². The number of fused-ring (bicyclic) bond motifs is 2. The molecule has 2 heterocycles. The fourth-order valence-corrected chi connectivity index (χ4v) is 5.46. The van der Waals surface area contributed by atoms with Gasteiger partial charge in [0.05, 0.1) is 10.8 Å². The van der Waals surface area contributed by atoms with Gasteiger partial charge in [0.2, 0.25) is 11.8 Å². The van der Waals surface area contributed by atoms with Crippen molar-refractivity contribution in [1.82, 2.24) is 14.7 Å². The van der Waals surface area contributed by atoms with Crippen molar-refractivity contribution < 1.29 is 19.2 Å². The Balaban J connectivity index is 1.32. The van der Waals surface area contributed by atoms with Crippen LogP contribution < -0.4 is 11.5 Å². The standard InChI is InChI=1S/C29H37N5O4/c1-28(2)22-10-8-18(30)16-20(22)24(35)33(26(28)37)14-6-12-32(5)13-7-15-34-25(36)21-17-19(31)9-11-23(21)29(3,4)27(34)38/h8-11,16-17H,6-7,12-15,30-31H2,1-5H3. The van der Waals surface area contributed by atoms with E-state index in [1.165, 1.54) is 9.80 Å². The molecule has 0 bridgehead atoms. The summed E-state index contributed by atoms with van der Waals surface area (Å²) >= 11 is 0. The fraction of sp³-hybridized carbons (Fsp3) is 0.448. The minimum atomic E-state index is -0.812. The van der Waals surface area contributed by atoms with Crippen molar-refractivity contribution in [3.05, 3.63) is 58.7 Å². The molecule has 9 heteroatoms. The Labute approximate surface area is 223 Å². The smallest absolute Gasteiger partial charge is 0.260 e. The first-order valence-electron chi connectivity index (χ1n) is 13.0. The van der Waals surface area contributed by atoms with Crippen molar-refractivity contribution in [2.45, 2.75) is 51.4 Å². The van der Waals surface area contributed by atoms with E-state index in [1.54, 1.807) is 36.4 Å². The molecule has 2 aromatic carbocycles. The van der Waals surface area contributed by atoms with E-state index < -0.39 is 10.8 Å². The number of nitrogens with two attached hydrogens (primary N) is 2. The number of carbonyl (C=O) groups is 4. The van der Waals surface area contributed by atoms with Crippen LogP contribution in [-0.2, 0) is 20.4 Å². The van der Waals surface area contributed by atoms with Gasteiger partial charge in [-0.1, -0.05) is 12.1 Å². The van der Waals surface area contributed by atoms with Crippen LogP contribution in [0, 0.1) is 0 Å². The number of hydrogen-bond acceptors (Lipinski definition) is 7. The molecule has 38 heavy (non-hydrogen) atoms. The summed E-state index contributed by atoms with van der Waals surface area (Å²) in [6.45, 7) is 9.20. The Morgan fingerprint density at radius 3 is 1.42 bits per heavy atom. The zero-order valence-corrected chi connectivity index (χ0v) is 22.8. The summed E-state index contributed by atoms with van der Waals surface area (Å²) in [6.07, 6.45) is 1.20. The molecule has 0 saturated carbocycles. The highest BCUT2D eigenvalue weighted by atomic mass is 16.2. The second kappa shape index (κ2) is 9.87. The number of amides is 4. The molecule has 0 spiro atoms. The molecule has 0 unspecified atom stereocenters. The van der Waals surface area contributed by atoms with Crippen LogP contribution in [0.3, 0.4) is 0 Å². The normalized spacial score (nSPS) is 18.2. The first-order chi connectivity index (χ1) is 17.8. The van der Waals surface area contributed by atoms with Crippen LogP contribution in [0.2, 0.25) is 0 Å². The SMILES string of the molecule is CN(CCCN1C(=O)c2cc(N)ccc2C(C)(C)C1=O)CCCN1C(=O)c2cc(N)ccc2C(C)(C)C1=O. The predicted octanol–water partition coefficient (Wildman–Crippen LogP) is 2.78. The minimum absolute atomic E-state index is 0.215. The number of benzene rings is 2. The topological polar surface area (TPSA) is 130 Å². The molecule has 0 atom stereocenters. The van der Waals surface area contributed by atoms with Crippen molar-refractivity contribution in [1.29, 1.82) is 0 Å². The van der Waals surface area contributed by atoms with Crippen molar-refractivity contribution in [3.63, 3.8) is 0 Å². The van der Waals surface area contributed by atoms with Gasteiger partial charge in [-0.05, 0) is 96.1 Å². The molecule has 0 radical (unpaired) electrons. The molecular formula is C29H37N5O4. The van der Waals surface area contributed by atoms with Gasteiger partial charge in [0.1, 0.15) is 0 Å². The van der Waals surface area contributed by atoms with E-state index in [4.69, 9.17) is 11.5 Å². The van der Waals surface area contributed by atoms with E-state index in [0.717, 1.165) is 0 Å². The number of rotatable bonds is 8. The maximum atomic E-state index is 13.1. The number of carbonyl (C=O) groups excluding carboxylic acids is 4. The number of imide groups is 2. The number of anilines is 2. The Morgan fingerprint density at radius 1 is 0.684 bits per heavy atom. The zero-order chi connectivity index (χ0) is 28.0. The largest absolute Gasteiger partial charge is 0.399 e. The zero-order valence-electron chi connectivity index (χ0n) is 22.8. The van der Waals surface area contributed by atoms with Gasteiger partial charge in [0.25, 0.3) is 11.8 Å². The maximum Gasteiger partial charge on any atom is 0.260 e. The van der Waals surface area contributed by atoms with Gasteiger partial charge in [-0.15, -0.1) is 0 Å². The van der Waals surface area contributed by atoms with E-state index in [2.05, 4.69) is 4.90 Å². The Morgan fingerprint density at radius 2 is 1.05 bits per heavy atom. The summed E-state index contributed by atoms with van der Waals surface area (Å²) < 4.78 is 0. The van der Waals surface area contributed by atoms with Crippen LogP contribution in [-0.4, -0.2) is 71.6 Å². The Bertz CT molecular complexity index is 1220. The molecule has 202 valence electrons. The van der Waals surface area contributed by atoms with Crippen molar-refractivity contribution in [2.75, 3.05) is 44.7 Å². The van der Waals surface area contributed by atoms with Crippen LogP contribution in [0.15, 0.2) is 36.4 Å². The van der Waals surface area contributed by atoms with Crippen LogP contribution in [0.4, 0.5) is 11.4 Å². The van der Waals surface area contributed by atoms with Crippen LogP contribution >= 0.6 is 0 Å². The number of hydrogen-bond donors (Lipinski definition) is 2. The molecule has 2 aliphatic heterocycles. The Kier molecular flexibility index (Phi) is 7.09. The maximum absolute atomic E-state index is 13.1. The summed E-state index contributed by atoms with van der Waals surface area (Å²) in [4.78, 5) is 57.1. The molecule has 9 nitrogen and oxygen atoms in total. The van der Waals surface area contributed by atoms with E-state index in [1.807, 2.05) is 34.7 Å². The van der Waals surface area contributed by atoms with Crippen LogP contribution in [0.5, 0.6) is 0 Å². The van der Waals surface area contributed by atoms with Crippen LogP contribution in [0.25, 0.3) is 0 Å². The summed E-state index contributed by atoms with van der Waals surface area (Å²) in [5, 5.41) is 0. The van der Waals surface area contributed by atoms with Crippen molar-refractivity contribution >= 4 is 35.0 Å². The molecule has 0 saturated heterocycles. The molecule has 4 N–H and O–H groups in total. The third-order valence-corrected chi connectivity index (χ3v) is 7.79. The van der Waals surface area contributed by atoms with Gasteiger partial charge in [-0.25, -0.2) is 0 Å². The second-order valence-corrected chi connectivity index (χ2v) is 11.4. The van der Waals surface area contributed by atoms with E-state index in [0.29, 0.717) is 72.6 Å². The van der Waals surface area contributed by atoms with E-state index in [9.17, 15) is 19.2 Å². The van der Waals surface area contributed by atoms with Crippen LogP contribution in [0.1, 0.15) is 72.4 Å². The lowest BCUT2D eigenvalue weighted by Gasteiger charge is -2.38. The molecule has 4 amide bonds. The van der Waals surface area contributed by atoms with Gasteiger partial charge in [-0.2, -0.15) is 0 Å². The molecule has 0 aliphatic carbocycles. The third-order valence-electron chi connectivity index (χ3n) is 7.79. The third kappa shape index (κ3) is 4.67. The first kappa shape index (κ1) is 27.3. The lowest BCUT2D eigenvalue weighted by atomic mass is 9.77. The average molecular weight is 520 g/mol. The summed E-state index contributed by atoms with van der Waals surface area (Å²) in [7, 11) is 1.94. The summed E-state index contributed by atoms with van der Waals surface area (Å²) in [5.41, 5.74) is 13.5. The predicted molar refractivity (Wildman–Crippen MR) is 147 cm³/mol. The minimum Gasteiger partial charge on any atom is -0.399 e.